The van der Waals surface area contributed by atoms with E-state index >= 15 is 0 Å². The fraction of sp³-hybridized carbons (Fsp3) is 0.917. The Labute approximate surface area is 110 Å². The van der Waals surface area contributed by atoms with Crippen molar-refractivity contribution in [3.63, 3.8) is 0 Å². The second-order valence-electron chi connectivity index (χ2n) is 5.68. The summed E-state index contributed by atoms with van der Waals surface area (Å²) in [5.41, 5.74) is -0.206. The third-order valence-corrected chi connectivity index (χ3v) is 7.26. The summed E-state index contributed by atoms with van der Waals surface area (Å²) in [6, 6.07) is 0.298. The zero-order valence-corrected chi connectivity index (χ0v) is 12.0. The lowest BCUT2D eigenvalue weighted by molar-refractivity contribution is -0.177. The number of carbonyl (C=O) groups is 1. The number of hydrogen-bond acceptors (Lipinski definition) is 2. The van der Waals surface area contributed by atoms with Crippen molar-refractivity contribution in [1.82, 2.24) is 4.90 Å². The van der Waals surface area contributed by atoms with Gasteiger partial charge in [-0.15, -0.1) is 0 Å². The fourth-order valence-electron chi connectivity index (χ4n) is 3.72. The number of ether oxygens (including phenoxy) is 1. The lowest BCUT2D eigenvalue weighted by Crippen LogP contribution is -2.71. The number of likely N-dealkylation sites (tertiary alicyclic amines) is 1. The van der Waals surface area contributed by atoms with E-state index in [4.69, 9.17) is 4.74 Å². The molecule has 3 aliphatic rings. The number of hydrogen-bond donors (Lipinski definition) is 0. The minimum Gasteiger partial charge on any atom is -0.375 e. The molecule has 1 saturated carbocycles. The minimum atomic E-state index is -0.206. The number of carbonyl (C=O) groups excluding carboxylic acids is 1. The highest BCUT2D eigenvalue weighted by molar-refractivity contribution is 14.1. The Morgan fingerprint density at radius 3 is 3.06 bits per heavy atom. The highest BCUT2D eigenvalue weighted by Crippen LogP contribution is 2.58. The molecule has 3 fully saturated rings. The summed E-state index contributed by atoms with van der Waals surface area (Å²) in [6.45, 7) is 2.88. The van der Waals surface area contributed by atoms with Crippen molar-refractivity contribution in [3.8, 4) is 0 Å². The minimum absolute atomic E-state index is 0.0372. The van der Waals surface area contributed by atoms with Crippen molar-refractivity contribution >= 4 is 28.5 Å². The van der Waals surface area contributed by atoms with E-state index in [9.17, 15) is 4.79 Å². The standard InChI is InChI=1S/C12H18INO2/c1-11-5-3-4-9-12(11,13)6-8(7-16-9)14(2)10(11)15/h8-9H,3-7H2,1-2H3/t8-,9+,11+,12-/m0/s1. The topological polar surface area (TPSA) is 29.5 Å². The molecule has 0 radical (unpaired) electrons. The monoisotopic (exact) mass is 335 g/mol. The highest BCUT2D eigenvalue weighted by Gasteiger charge is 2.64. The molecule has 90 valence electrons. The normalized spacial score (nSPS) is 51.7. The van der Waals surface area contributed by atoms with Crippen LogP contribution in [0, 0.1) is 5.41 Å². The zero-order chi connectivity index (χ0) is 11.6. The van der Waals surface area contributed by atoms with Gasteiger partial charge in [0.15, 0.2) is 0 Å². The van der Waals surface area contributed by atoms with Crippen LogP contribution in [0.1, 0.15) is 32.6 Å². The Balaban J connectivity index is 2.09. The molecule has 4 atom stereocenters. The van der Waals surface area contributed by atoms with Crippen LogP contribution >= 0.6 is 22.6 Å². The van der Waals surface area contributed by atoms with Gasteiger partial charge in [0.1, 0.15) is 0 Å². The third kappa shape index (κ3) is 1.15. The van der Waals surface area contributed by atoms with Gasteiger partial charge in [0, 0.05) is 7.05 Å². The molecule has 0 spiro atoms. The molecule has 2 heterocycles. The molecule has 0 aromatic carbocycles. The van der Waals surface area contributed by atoms with Crippen LogP contribution in [0.2, 0.25) is 0 Å². The molecule has 3 rings (SSSR count). The van der Waals surface area contributed by atoms with Crippen molar-refractivity contribution in [1.29, 1.82) is 0 Å². The van der Waals surface area contributed by atoms with E-state index in [1.807, 2.05) is 11.9 Å². The summed E-state index contributed by atoms with van der Waals surface area (Å²) in [5, 5.41) is 0. The molecule has 3 nitrogen and oxygen atoms in total. The molecule has 1 amide bonds. The van der Waals surface area contributed by atoms with Gasteiger partial charge in [-0.2, -0.15) is 0 Å². The number of piperidine rings is 1. The van der Waals surface area contributed by atoms with Gasteiger partial charge in [-0.05, 0) is 32.6 Å². The highest BCUT2D eigenvalue weighted by atomic mass is 127. The van der Waals surface area contributed by atoms with Gasteiger partial charge in [-0.25, -0.2) is 0 Å². The van der Waals surface area contributed by atoms with E-state index in [-0.39, 0.29) is 8.84 Å². The third-order valence-electron chi connectivity index (χ3n) is 4.93. The Kier molecular flexibility index (Phi) is 2.35. The van der Waals surface area contributed by atoms with Crippen molar-refractivity contribution in [2.24, 2.45) is 5.41 Å². The summed E-state index contributed by atoms with van der Waals surface area (Å²) < 4.78 is 6.04. The molecule has 0 aromatic rings. The van der Waals surface area contributed by atoms with Gasteiger partial charge in [0.2, 0.25) is 5.91 Å². The molecular formula is C12H18INO2. The summed E-state index contributed by atoms with van der Waals surface area (Å²) in [6.07, 6.45) is 4.67. The van der Waals surface area contributed by atoms with Gasteiger partial charge in [-0.3, -0.25) is 4.79 Å². The van der Waals surface area contributed by atoms with Crippen molar-refractivity contribution in [3.05, 3.63) is 0 Å². The Morgan fingerprint density at radius 2 is 2.31 bits per heavy atom. The van der Waals surface area contributed by atoms with Crippen molar-refractivity contribution in [2.75, 3.05) is 13.7 Å². The predicted molar refractivity (Wildman–Crippen MR) is 69.6 cm³/mol. The van der Waals surface area contributed by atoms with Gasteiger partial charge < -0.3 is 9.64 Å². The van der Waals surface area contributed by atoms with Crippen LogP contribution in [-0.2, 0) is 9.53 Å². The predicted octanol–water partition coefficient (Wildman–Crippen LogP) is 1.98. The van der Waals surface area contributed by atoms with Crippen LogP contribution in [0.5, 0.6) is 0 Å². The molecule has 0 unspecified atom stereocenters. The number of amides is 1. The molecule has 2 bridgehead atoms. The second-order valence-corrected chi connectivity index (χ2v) is 7.61. The quantitative estimate of drug-likeness (QED) is 0.500. The van der Waals surface area contributed by atoms with Gasteiger partial charge in [0.05, 0.1) is 27.6 Å². The molecule has 16 heavy (non-hydrogen) atoms. The number of alkyl halides is 1. The first-order valence-corrected chi connectivity index (χ1v) is 7.15. The SMILES string of the molecule is CN1C(=O)[C@@]2(C)CCC[C@H]3OC[C@@H]1C[C@]32I. The van der Waals surface area contributed by atoms with Crippen molar-refractivity contribution in [2.45, 2.75) is 48.2 Å². The van der Waals surface area contributed by atoms with E-state index in [1.54, 1.807) is 0 Å². The van der Waals surface area contributed by atoms with Crippen LogP contribution in [0.15, 0.2) is 0 Å². The summed E-state index contributed by atoms with van der Waals surface area (Å²) in [5.74, 6) is 0.339. The first kappa shape index (κ1) is 11.3. The van der Waals surface area contributed by atoms with Gasteiger partial charge in [-0.1, -0.05) is 22.6 Å². The maximum atomic E-state index is 12.5. The molecule has 0 N–H and O–H groups in total. The Morgan fingerprint density at radius 1 is 1.56 bits per heavy atom. The number of halogens is 1. The molecule has 4 heteroatoms. The maximum absolute atomic E-state index is 12.5. The first-order chi connectivity index (χ1) is 7.49. The Bertz CT molecular complexity index is 348. The largest absolute Gasteiger partial charge is 0.375 e. The van der Waals surface area contributed by atoms with Crippen LogP contribution in [0.25, 0.3) is 0 Å². The average molecular weight is 335 g/mol. The number of likely N-dealkylation sites (N-methyl/N-ethyl adjacent to an activating group) is 1. The van der Waals surface area contributed by atoms with E-state index in [1.165, 1.54) is 0 Å². The number of rotatable bonds is 0. The van der Waals surface area contributed by atoms with Crippen LogP contribution in [0.3, 0.4) is 0 Å². The van der Waals surface area contributed by atoms with Gasteiger partial charge >= 0.3 is 0 Å². The summed E-state index contributed by atoms with van der Waals surface area (Å²) >= 11 is 2.53. The molecule has 2 aliphatic heterocycles. The van der Waals surface area contributed by atoms with E-state index in [0.717, 1.165) is 32.3 Å². The van der Waals surface area contributed by atoms with Crippen LogP contribution < -0.4 is 0 Å². The Hall–Kier alpha value is 0.160. The summed E-state index contributed by atoms with van der Waals surface area (Å²) in [7, 11) is 1.94. The maximum Gasteiger partial charge on any atom is 0.230 e. The van der Waals surface area contributed by atoms with E-state index in [2.05, 4.69) is 29.5 Å². The number of nitrogens with zero attached hydrogens (tertiary/aromatic N) is 1. The molecule has 1 aliphatic carbocycles. The van der Waals surface area contributed by atoms with Crippen LogP contribution in [0.4, 0.5) is 0 Å². The van der Waals surface area contributed by atoms with E-state index < -0.39 is 0 Å². The molecule has 2 saturated heterocycles. The first-order valence-electron chi connectivity index (χ1n) is 6.07. The van der Waals surface area contributed by atoms with Crippen molar-refractivity contribution < 1.29 is 9.53 Å². The number of fused-ring (bicyclic) bond motifs is 1. The summed E-state index contributed by atoms with van der Waals surface area (Å²) in [4.78, 5) is 14.5. The molecule has 0 aromatic heterocycles. The van der Waals surface area contributed by atoms with Gasteiger partial charge in [0.25, 0.3) is 0 Å². The molecular weight excluding hydrogens is 317 g/mol. The lowest BCUT2D eigenvalue weighted by atomic mass is 9.60. The van der Waals surface area contributed by atoms with Crippen LogP contribution in [-0.4, -0.2) is 40.0 Å². The second kappa shape index (κ2) is 3.34. The fourth-order valence-corrected chi connectivity index (χ4v) is 5.22. The average Bonchev–Trinajstić information content (AvgIpc) is 2.27. The smallest absolute Gasteiger partial charge is 0.230 e. The lowest BCUT2D eigenvalue weighted by Gasteiger charge is -2.61. The zero-order valence-electron chi connectivity index (χ0n) is 9.83. The van der Waals surface area contributed by atoms with E-state index in [0.29, 0.717) is 18.1 Å².